The summed E-state index contributed by atoms with van der Waals surface area (Å²) >= 11 is 0. The summed E-state index contributed by atoms with van der Waals surface area (Å²) in [4.78, 5) is 9.59. The molecule has 0 radical (unpaired) electrons. The molecule has 0 heterocycles. The first-order valence-corrected chi connectivity index (χ1v) is 6.30. The Balaban J connectivity index is 0.000000494. The van der Waals surface area contributed by atoms with Crippen LogP contribution in [0.5, 0.6) is 0 Å². The SMILES string of the molecule is C=C/C=C(\C=C)OC1CCCCC1.COC(C)=O. The van der Waals surface area contributed by atoms with Crippen molar-refractivity contribution in [3.8, 4) is 0 Å². The third-order valence-electron chi connectivity index (χ3n) is 2.63. The van der Waals surface area contributed by atoms with Gasteiger partial charge >= 0.3 is 5.97 Å². The Hall–Kier alpha value is -1.51. The van der Waals surface area contributed by atoms with Crippen LogP contribution >= 0.6 is 0 Å². The highest BCUT2D eigenvalue weighted by Gasteiger charge is 2.14. The van der Waals surface area contributed by atoms with Gasteiger partial charge in [0.25, 0.3) is 0 Å². The predicted octanol–water partition coefficient (Wildman–Crippen LogP) is 3.77. The van der Waals surface area contributed by atoms with Crippen molar-refractivity contribution < 1.29 is 14.3 Å². The highest BCUT2D eigenvalue weighted by atomic mass is 16.5. The molecule has 3 heteroatoms. The van der Waals surface area contributed by atoms with Gasteiger partial charge in [0.2, 0.25) is 0 Å². The van der Waals surface area contributed by atoms with Crippen LogP contribution in [0.25, 0.3) is 0 Å². The van der Waals surface area contributed by atoms with Crippen LogP contribution in [0.3, 0.4) is 0 Å². The highest BCUT2D eigenvalue weighted by Crippen LogP contribution is 2.22. The van der Waals surface area contributed by atoms with Crippen molar-refractivity contribution in [1.82, 2.24) is 0 Å². The van der Waals surface area contributed by atoms with E-state index in [0.29, 0.717) is 6.10 Å². The smallest absolute Gasteiger partial charge is 0.302 e. The molecule has 0 aromatic carbocycles. The molecule has 1 rings (SSSR count). The van der Waals surface area contributed by atoms with Crippen molar-refractivity contribution in [2.45, 2.75) is 45.1 Å². The number of methoxy groups -OCH3 is 1. The molecular weight excluding hydrogens is 228 g/mol. The van der Waals surface area contributed by atoms with Crippen molar-refractivity contribution in [1.29, 1.82) is 0 Å². The summed E-state index contributed by atoms with van der Waals surface area (Å²) < 4.78 is 9.86. The van der Waals surface area contributed by atoms with Gasteiger partial charge in [0, 0.05) is 6.92 Å². The van der Waals surface area contributed by atoms with Gasteiger partial charge in [-0.1, -0.05) is 25.7 Å². The first-order chi connectivity index (χ1) is 8.63. The number of hydrogen-bond donors (Lipinski definition) is 0. The molecule has 0 aliphatic heterocycles. The maximum Gasteiger partial charge on any atom is 0.302 e. The van der Waals surface area contributed by atoms with Crippen LogP contribution in [-0.4, -0.2) is 19.2 Å². The molecule has 1 aliphatic carbocycles. The molecular formula is C15H24O3. The molecule has 0 amide bonds. The van der Waals surface area contributed by atoms with Crippen molar-refractivity contribution >= 4 is 5.97 Å². The molecule has 0 spiro atoms. The summed E-state index contributed by atoms with van der Waals surface area (Å²) in [7, 11) is 1.35. The predicted molar refractivity (Wildman–Crippen MR) is 74.1 cm³/mol. The van der Waals surface area contributed by atoms with E-state index in [9.17, 15) is 4.79 Å². The summed E-state index contributed by atoms with van der Waals surface area (Å²) in [5, 5.41) is 0. The molecule has 0 saturated heterocycles. The zero-order chi connectivity index (χ0) is 13.8. The molecule has 18 heavy (non-hydrogen) atoms. The number of allylic oxidation sites excluding steroid dienone is 3. The molecule has 0 atom stereocenters. The van der Waals surface area contributed by atoms with Crippen molar-refractivity contribution in [3.05, 3.63) is 37.1 Å². The van der Waals surface area contributed by atoms with E-state index in [4.69, 9.17) is 4.74 Å². The summed E-state index contributed by atoms with van der Waals surface area (Å²) in [6.07, 6.45) is 12.1. The first kappa shape index (κ1) is 16.5. The minimum Gasteiger partial charge on any atom is -0.490 e. The van der Waals surface area contributed by atoms with E-state index in [1.807, 2.05) is 6.08 Å². The van der Waals surface area contributed by atoms with E-state index in [1.54, 1.807) is 12.2 Å². The lowest BCUT2D eigenvalue weighted by Crippen LogP contribution is -2.15. The summed E-state index contributed by atoms with van der Waals surface area (Å²) in [6, 6.07) is 0. The third kappa shape index (κ3) is 8.62. The lowest BCUT2D eigenvalue weighted by molar-refractivity contribution is -0.137. The lowest BCUT2D eigenvalue weighted by Gasteiger charge is -2.23. The molecule has 3 nitrogen and oxygen atoms in total. The van der Waals surface area contributed by atoms with Gasteiger partial charge in [-0.15, -0.1) is 0 Å². The molecule has 0 aromatic heterocycles. The van der Waals surface area contributed by atoms with E-state index < -0.39 is 0 Å². The first-order valence-electron chi connectivity index (χ1n) is 6.30. The molecule has 0 bridgehead atoms. The maximum absolute atomic E-state index is 9.59. The van der Waals surface area contributed by atoms with Gasteiger partial charge in [0.05, 0.1) is 13.2 Å². The lowest BCUT2D eigenvalue weighted by atomic mass is 9.98. The van der Waals surface area contributed by atoms with Gasteiger partial charge in [-0.25, -0.2) is 0 Å². The van der Waals surface area contributed by atoms with Crippen LogP contribution in [-0.2, 0) is 14.3 Å². The quantitative estimate of drug-likeness (QED) is 0.434. The van der Waals surface area contributed by atoms with Crippen LogP contribution in [0, 0.1) is 0 Å². The van der Waals surface area contributed by atoms with Crippen LogP contribution in [0.15, 0.2) is 37.1 Å². The van der Waals surface area contributed by atoms with Crippen LogP contribution in [0.4, 0.5) is 0 Å². The Kier molecular flexibility index (Phi) is 9.74. The van der Waals surface area contributed by atoms with Gasteiger partial charge in [-0.05, 0) is 37.8 Å². The number of esters is 1. The van der Waals surface area contributed by atoms with Crippen molar-refractivity contribution in [2.24, 2.45) is 0 Å². The van der Waals surface area contributed by atoms with Crippen molar-refractivity contribution in [2.75, 3.05) is 7.11 Å². The zero-order valence-corrected chi connectivity index (χ0v) is 11.5. The Labute approximate surface area is 110 Å². The Morgan fingerprint density at radius 2 is 1.78 bits per heavy atom. The Bertz CT molecular complexity index is 286. The second-order valence-electron chi connectivity index (χ2n) is 4.08. The fourth-order valence-corrected chi connectivity index (χ4v) is 1.65. The topological polar surface area (TPSA) is 35.5 Å². The summed E-state index contributed by atoms with van der Waals surface area (Å²) in [5.74, 6) is 0.604. The summed E-state index contributed by atoms with van der Waals surface area (Å²) in [5.41, 5.74) is 0. The van der Waals surface area contributed by atoms with E-state index in [1.165, 1.54) is 46.1 Å². The average Bonchev–Trinajstić information content (AvgIpc) is 2.40. The van der Waals surface area contributed by atoms with Crippen molar-refractivity contribution in [3.63, 3.8) is 0 Å². The number of ether oxygens (including phenoxy) is 2. The highest BCUT2D eigenvalue weighted by molar-refractivity contribution is 5.65. The number of hydrogen-bond acceptors (Lipinski definition) is 3. The molecule has 0 unspecified atom stereocenters. The monoisotopic (exact) mass is 252 g/mol. The van der Waals surface area contributed by atoms with Gasteiger partial charge in [-0.3, -0.25) is 4.79 Å². The average molecular weight is 252 g/mol. The zero-order valence-electron chi connectivity index (χ0n) is 11.5. The molecule has 1 saturated carbocycles. The summed E-state index contributed by atoms with van der Waals surface area (Å²) in [6.45, 7) is 8.70. The van der Waals surface area contributed by atoms with E-state index >= 15 is 0 Å². The molecule has 102 valence electrons. The fourth-order valence-electron chi connectivity index (χ4n) is 1.65. The van der Waals surface area contributed by atoms with Gasteiger partial charge in [0.1, 0.15) is 5.76 Å². The largest absolute Gasteiger partial charge is 0.490 e. The van der Waals surface area contributed by atoms with Crippen LogP contribution in [0.1, 0.15) is 39.0 Å². The van der Waals surface area contributed by atoms with Gasteiger partial charge < -0.3 is 9.47 Å². The third-order valence-corrected chi connectivity index (χ3v) is 2.63. The van der Waals surface area contributed by atoms with Gasteiger partial charge in [0.15, 0.2) is 0 Å². The van der Waals surface area contributed by atoms with E-state index in [2.05, 4.69) is 17.9 Å². The van der Waals surface area contributed by atoms with Crippen LogP contribution in [0.2, 0.25) is 0 Å². The van der Waals surface area contributed by atoms with E-state index in [-0.39, 0.29) is 5.97 Å². The van der Waals surface area contributed by atoms with Crippen LogP contribution < -0.4 is 0 Å². The Morgan fingerprint density at radius 1 is 1.22 bits per heavy atom. The van der Waals surface area contributed by atoms with E-state index in [0.717, 1.165) is 5.76 Å². The van der Waals surface area contributed by atoms with Gasteiger partial charge in [-0.2, -0.15) is 0 Å². The number of rotatable bonds is 4. The minimum absolute atomic E-state index is 0.245. The molecule has 1 aliphatic rings. The number of carbonyl (C=O) groups is 1. The molecule has 1 fully saturated rings. The Morgan fingerprint density at radius 3 is 2.17 bits per heavy atom. The number of carbonyl (C=O) groups excluding carboxylic acids is 1. The second-order valence-corrected chi connectivity index (χ2v) is 4.08. The standard InChI is InChI=1S/C12H18O.C3H6O2/c1-3-8-11(4-2)13-12-9-6-5-7-10-12;1-3(4)5-2/h3-4,8,12H,1-2,5-7,9-10H2;1-2H3/b11-8+;. The molecule has 0 aromatic rings. The normalized spacial score (nSPS) is 16.0. The fraction of sp³-hybridized carbons (Fsp3) is 0.533. The second kappa shape index (κ2) is 10.6. The maximum atomic E-state index is 9.59. The minimum atomic E-state index is -0.245. The molecule has 0 N–H and O–H groups in total.